The molecule has 3 aromatic carbocycles. The van der Waals surface area contributed by atoms with E-state index in [2.05, 4.69) is 4.98 Å². The van der Waals surface area contributed by atoms with Crippen LogP contribution in [0.25, 0.3) is 32.8 Å². The van der Waals surface area contributed by atoms with Gasteiger partial charge >= 0.3 is 0 Å². The lowest BCUT2D eigenvalue weighted by atomic mass is 10.0. The van der Waals surface area contributed by atoms with Crippen LogP contribution in [-0.4, -0.2) is 24.2 Å². The Hall–Kier alpha value is -3.84. The zero-order chi connectivity index (χ0) is 22.5. The maximum absolute atomic E-state index is 12.5. The molecule has 32 heavy (non-hydrogen) atoms. The number of rotatable bonds is 4. The van der Waals surface area contributed by atoms with E-state index < -0.39 is 9.84 Å². The van der Waals surface area contributed by atoms with Crippen molar-refractivity contribution in [2.75, 3.05) is 6.26 Å². The zero-order valence-electron chi connectivity index (χ0n) is 17.5. The lowest BCUT2D eigenvalue weighted by Gasteiger charge is -2.13. The fraction of sp³-hybridized carbons (Fsp3) is 0.0800. The monoisotopic (exact) mass is 444 g/mol. The quantitative estimate of drug-likeness (QED) is 0.428. The highest BCUT2D eigenvalue weighted by molar-refractivity contribution is 7.90. The summed E-state index contributed by atoms with van der Waals surface area (Å²) in [6.07, 6.45) is 4.56. The second kappa shape index (κ2) is 7.39. The molecule has 0 atom stereocenters. The molecule has 0 bridgehead atoms. The smallest absolute Gasteiger partial charge is 0.274 e. The van der Waals surface area contributed by atoms with Gasteiger partial charge in [-0.15, -0.1) is 0 Å². The van der Waals surface area contributed by atoms with Crippen molar-refractivity contribution in [3.8, 4) is 22.6 Å². The van der Waals surface area contributed by atoms with Crippen molar-refractivity contribution in [3.05, 3.63) is 89.5 Å². The van der Waals surface area contributed by atoms with Gasteiger partial charge in [-0.2, -0.15) is 0 Å². The average molecular weight is 445 g/mol. The summed E-state index contributed by atoms with van der Waals surface area (Å²) in [6, 6.07) is 20.4. The third-order valence-corrected chi connectivity index (χ3v) is 6.65. The summed E-state index contributed by atoms with van der Waals surface area (Å²) < 4.78 is 32.2. The summed E-state index contributed by atoms with van der Waals surface area (Å²) in [4.78, 5) is 15.7. The molecule has 5 aromatic rings. The lowest BCUT2D eigenvalue weighted by molar-refractivity contribution is 0.485. The summed E-state index contributed by atoms with van der Waals surface area (Å²) >= 11 is 0. The maximum Gasteiger partial charge on any atom is 0.274 e. The molecule has 0 aliphatic carbocycles. The highest BCUT2D eigenvalue weighted by Gasteiger charge is 2.18. The Balaban J connectivity index is 1.70. The number of hydrogen-bond donors (Lipinski definition) is 1. The first-order chi connectivity index (χ1) is 15.3. The third kappa shape index (κ3) is 3.46. The molecule has 0 saturated heterocycles. The number of sulfone groups is 1. The molecule has 0 unspecified atom stereocenters. The maximum atomic E-state index is 12.5. The number of H-pyrrole nitrogens is 1. The van der Waals surface area contributed by atoms with Crippen LogP contribution in [0.5, 0.6) is 11.5 Å². The van der Waals surface area contributed by atoms with Crippen LogP contribution in [0, 0.1) is 0 Å². The molecule has 0 spiro atoms. The van der Waals surface area contributed by atoms with Gasteiger partial charge in [0.15, 0.2) is 9.84 Å². The van der Waals surface area contributed by atoms with E-state index in [0.717, 1.165) is 10.8 Å². The minimum absolute atomic E-state index is 0.162. The number of benzene rings is 3. The van der Waals surface area contributed by atoms with Crippen LogP contribution in [0.3, 0.4) is 0 Å². The molecule has 7 heteroatoms. The highest BCUT2D eigenvalue weighted by Crippen LogP contribution is 2.38. The number of aromatic nitrogens is 2. The molecule has 0 aliphatic heterocycles. The van der Waals surface area contributed by atoms with Gasteiger partial charge in [0.05, 0.1) is 4.90 Å². The number of aromatic amines is 1. The first-order valence-electron chi connectivity index (χ1n) is 9.99. The SMILES string of the molecule is Cn1ccc2c(-c3cc(S(C)(=O)=O)ccc3Oc3ccc4ccccc4c3)c[nH]c2c1=O. The Kier molecular flexibility index (Phi) is 4.64. The molecule has 0 amide bonds. The minimum Gasteiger partial charge on any atom is -0.457 e. The van der Waals surface area contributed by atoms with E-state index in [1.807, 2.05) is 48.5 Å². The number of fused-ring (bicyclic) bond motifs is 2. The molecule has 0 radical (unpaired) electrons. The molecule has 0 saturated carbocycles. The van der Waals surface area contributed by atoms with Crippen LogP contribution in [-0.2, 0) is 16.9 Å². The van der Waals surface area contributed by atoms with Crippen molar-refractivity contribution in [3.63, 3.8) is 0 Å². The van der Waals surface area contributed by atoms with Gasteiger partial charge in [-0.05, 0) is 47.2 Å². The molecule has 2 aromatic heterocycles. The Labute approximate surface area is 184 Å². The number of nitrogens with zero attached hydrogens (tertiary/aromatic N) is 1. The van der Waals surface area contributed by atoms with Crippen molar-refractivity contribution in [1.82, 2.24) is 9.55 Å². The Morgan fingerprint density at radius 2 is 1.69 bits per heavy atom. The first-order valence-corrected chi connectivity index (χ1v) is 11.9. The summed E-state index contributed by atoms with van der Waals surface area (Å²) in [5.41, 5.74) is 1.57. The summed E-state index contributed by atoms with van der Waals surface area (Å²) in [6.45, 7) is 0. The van der Waals surface area contributed by atoms with Crippen molar-refractivity contribution in [2.24, 2.45) is 7.05 Å². The number of ether oxygens (including phenoxy) is 1. The standard InChI is InChI=1S/C25H20N2O4S/c1-27-12-11-20-22(15-26-24(20)25(27)28)21-14-19(32(2,29)30)9-10-23(21)31-18-8-7-16-5-3-4-6-17(16)13-18/h3-15,26H,1-2H3. The first kappa shape index (κ1) is 20.1. The minimum atomic E-state index is -3.43. The van der Waals surface area contributed by atoms with E-state index in [-0.39, 0.29) is 10.5 Å². The molecule has 1 N–H and O–H groups in total. The second-order valence-electron chi connectivity index (χ2n) is 7.76. The van der Waals surface area contributed by atoms with E-state index in [1.165, 1.54) is 16.9 Å². The highest BCUT2D eigenvalue weighted by atomic mass is 32.2. The molecular formula is C25H20N2O4S. The number of nitrogens with one attached hydrogen (secondary N) is 1. The van der Waals surface area contributed by atoms with Gasteiger partial charge in [-0.3, -0.25) is 4.79 Å². The fourth-order valence-corrected chi connectivity index (χ4v) is 4.48. The summed E-state index contributed by atoms with van der Waals surface area (Å²) in [5.74, 6) is 1.13. The average Bonchev–Trinajstić information content (AvgIpc) is 3.20. The van der Waals surface area contributed by atoms with Crippen molar-refractivity contribution in [1.29, 1.82) is 0 Å². The Morgan fingerprint density at radius 1 is 0.906 bits per heavy atom. The summed E-state index contributed by atoms with van der Waals surface area (Å²) in [5, 5.41) is 2.83. The predicted octanol–water partition coefficient (Wildman–Crippen LogP) is 4.88. The van der Waals surface area contributed by atoms with E-state index >= 15 is 0 Å². The fourth-order valence-electron chi connectivity index (χ4n) is 3.83. The van der Waals surface area contributed by atoms with Gasteiger partial charge < -0.3 is 14.3 Å². The van der Waals surface area contributed by atoms with Crippen LogP contribution in [0.15, 0.2) is 88.8 Å². The molecular weight excluding hydrogens is 424 g/mol. The normalized spacial score (nSPS) is 11.8. The van der Waals surface area contributed by atoms with Gasteiger partial charge in [0, 0.05) is 42.2 Å². The Morgan fingerprint density at radius 3 is 2.47 bits per heavy atom. The zero-order valence-corrected chi connectivity index (χ0v) is 18.3. The van der Waals surface area contributed by atoms with Crippen molar-refractivity contribution >= 4 is 31.5 Å². The lowest BCUT2D eigenvalue weighted by Crippen LogP contribution is -2.15. The van der Waals surface area contributed by atoms with Crippen LogP contribution >= 0.6 is 0 Å². The third-order valence-electron chi connectivity index (χ3n) is 5.54. The van der Waals surface area contributed by atoms with Crippen molar-refractivity contribution in [2.45, 2.75) is 4.90 Å². The van der Waals surface area contributed by atoms with Gasteiger partial charge in [0.1, 0.15) is 17.0 Å². The predicted molar refractivity (Wildman–Crippen MR) is 126 cm³/mol. The number of hydrogen-bond acceptors (Lipinski definition) is 4. The van der Waals surface area contributed by atoms with E-state index in [0.29, 0.717) is 33.5 Å². The van der Waals surface area contributed by atoms with Crippen LogP contribution in [0.4, 0.5) is 0 Å². The van der Waals surface area contributed by atoms with E-state index in [9.17, 15) is 13.2 Å². The van der Waals surface area contributed by atoms with Gasteiger partial charge in [-0.25, -0.2) is 8.42 Å². The molecule has 6 nitrogen and oxygen atoms in total. The molecule has 0 fully saturated rings. The van der Waals surface area contributed by atoms with Gasteiger partial charge in [-0.1, -0.05) is 30.3 Å². The number of aryl methyl sites for hydroxylation is 1. The molecule has 0 aliphatic rings. The van der Waals surface area contributed by atoms with Crippen molar-refractivity contribution < 1.29 is 13.2 Å². The molecule has 160 valence electrons. The number of pyridine rings is 1. The van der Waals surface area contributed by atoms with Crippen LogP contribution in [0.1, 0.15) is 0 Å². The van der Waals surface area contributed by atoms with Gasteiger partial charge in [0.2, 0.25) is 0 Å². The van der Waals surface area contributed by atoms with Crippen LogP contribution < -0.4 is 10.3 Å². The van der Waals surface area contributed by atoms with Crippen LogP contribution in [0.2, 0.25) is 0 Å². The topological polar surface area (TPSA) is 81.2 Å². The van der Waals surface area contributed by atoms with E-state index in [1.54, 1.807) is 31.6 Å². The largest absolute Gasteiger partial charge is 0.457 e. The van der Waals surface area contributed by atoms with E-state index in [4.69, 9.17) is 4.74 Å². The summed E-state index contributed by atoms with van der Waals surface area (Å²) in [7, 11) is -1.75. The molecule has 5 rings (SSSR count). The molecule has 2 heterocycles. The Bertz CT molecular complexity index is 1660. The van der Waals surface area contributed by atoms with Gasteiger partial charge in [0.25, 0.3) is 5.56 Å². The second-order valence-corrected chi connectivity index (χ2v) is 9.78.